The van der Waals surface area contributed by atoms with E-state index in [1.807, 2.05) is 0 Å². The van der Waals surface area contributed by atoms with Crippen LogP contribution in [0.3, 0.4) is 0 Å². The molecule has 22 heavy (non-hydrogen) atoms. The Morgan fingerprint density at radius 3 is 3.00 bits per heavy atom. The Morgan fingerprint density at radius 2 is 2.32 bits per heavy atom. The second-order valence-electron chi connectivity index (χ2n) is 6.81. The summed E-state index contributed by atoms with van der Waals surface area (Å²) in [6.07, 6.45) is 2.81. The molecule has 2 N–H and O–H groups in total. The summed E-state index contributed by atoms with van der Waals surface area (Å²) >= 11 is 0. The number of rotatable bonds is 8. The van der Waals surface area contributed by atoms with Gasteiger partial charge in [-0.25, -0.2) is 0 Å². The summed E-state index contributed by atoms with van der Waals surface area (Å²) in [5, 5.41) is 15.9. The van der Waals surface area contributed by atoms with Gasteiger partial charge in [-0.05, 0) is 25.7 Å². The van der Waals surface area contributed by atoms with Crippen molar-refractivity contribution in [1.82, 2.24) is 20.4 Å². The molecule has 7 heteroatoms. The van der Waals surface area contributed by atoms with Crippen LogP contribution in [0.5, 0.6) is 0 Å². The Morgan fingerprint density at radius 1 is 1.55 bits per heavy atom. The molecule has 1 atom stereocenters. The topological polar surface area (TPSA) is 91.5 Å². The second-order valence-corrected chi connectivity index (χ2v) is 6.81. The van der Waals surface area contributed by atoms with Crippen LogP contribution in [0.2, 0.25) is 0 Å². The lowest BCUT2D eigenvalue weighted by atomic mass is 10.0. The van der Waals surface area contributed by atoms with E-state index in [4.69, 9.17) is 9.63 Å². The van der Waals surface area contributed by atoms with Gasteiger partial charge in [0.15, 0.2) is 5.82 Å². The van der Waals surface area contributed by atoms with Crippen LogP contribution in [0.25, 0.3) is 0 Å². The summed E-state index contributed by atoms with van der Waals surface area (Å²) in [6, 6.07) is 0. The summed E-state index contributed by atoms with van der Waals surface area (Å²) in [5.74, 6) is 1.21. The van der Waals surface area contributed by atoms with Gasteiger partial charge in [-0.15, -0.1) is 0 Å². The number of aryl methyl sites for hydroxylation is 1. The third kappa shape index (κ3) is 5.06. The van der Waals surface area contributed by atoms with Crippen molar-refractivity contribution in [3.05, 3.63) is 11.7 Å². The van der Waals surface area contributed by atoms with Crippen molar-refractivity contribution in [2.75, 3.05) is 19.6 Å². The average Bonchev–Trinajstić information content (AvgIpc) is 3.03. The fourth-order valence-electron chi connectivity index (χ4n) is 2.69. The molecule has 1 aromatic heterocycles. The second kappa shape index (κ2) is 7.19. The lowest BCUT2D eigenvalue weighted by Crippen LogP contribution is -2.46. The van der Waals surface area contributed by atoms with Crippen LogP contribution in [-0.4, -0.2) is 51.3 Å². The van der Waals surface area contributed by atoms with Crippen LogP contribution in [0.15, 0.2) is 4.52 Å². The van der Waals surface area contributed by atoms with Gasteiger partial charge in [0.05, 0.1) is 13.1 Å². The zero-order valence-electron chi connectivity index (χ0n) is 13.6. The zero-order chi connectivity index (χ0) is 16.2. The van der Waals surface area contributed by atoms with Crippen molar-refractivity contribution >= 4 is 5.97 Å². The summed E-state index contributed by atoms with van der Waals surface area (Å²) < 4.78 is 5.31. The predicted molar refractivity (Wildman–Crippen MR) is 81.4 cm³/mol. The largest absolute Gasteiger partial charge is 0.480 e. The van der Waals surface area contributed by atoms with Crippen molar-refractivity contribution in [3.63, 3.8) is 0 Å². The molecule has 1 aliphatic rings. The van der Waals surface area contributed by atoms with E-state index in [1.54, 1.807) is 0 Å². The highest BCUT2D eigenvalue weighted by atomic mass is 16.5. The number of nitrogens with zero attached hydrogens (tertiary/aromatic N) is 3. The number of carbonyl (C=O) groups is 1. The number of carboxylic acid groups (broad SMARTS) is 1. The van der Waals surface area contributed by atoms with Crippen LogP contribution in [-0.2, 0) is 17.8 Å². The fraction of sp³-hybridized carbons (Fsp3) is 0.800. The summed E-state index contributed by atoms with van der Waals surface area (Å²) in [4.78, 5) is 17.3. The lowest BCUT2D eigenvalue weighted by molar-refractivity contribution is -0.136. The van der Waals surface area contributed by atoms with Crippen molar-refractivity contribution in [2.45, 2.75) is 52.1 Å². The van der Waals surface area contributed by atoms with Gasteiger partial charge in [0.25, 0.3) is 0 Å². The molecule has 0 spiro atoms. The van der Waals surface area contributed by atoms with Crippen molar-refractivity contribution < 1.29 is 14.4 Å². The van der Waals surface area contributed by atoms with E-state index < -0.39 is 5.97 Å². The van der Waals surface area contributed by atoms with Crippen LogP contribution >= 0.6 is 0 Å². The Labute approximate surface area is 131 Å². The molecular weight excluding hydrogens is 284 g/mol. The Kier molecular flexibility index (Phi) is 5.52. The third-order valence-corrected chi connectivity index (χ3v) is 4.03. The van der Waals surface area contributed by atoms with E-state index in [0.717, 1.165) is 38.2 Å². The minimum absolute atomic E-state index is 0.00967. The number of likely N-dealkylation sites (tertiary alicyclic amines) is 1. The van der Waals surface area contributed by atoms with E-state index in [0.29, 0.717) is 18.4 Å². The molecule has 1 aromatic rings. The highest BCUT2D eigenvalue weighted by Crippen LogP contribution is 2.22. The van der Waals surface area contributed by atoms with Crippen LogP contribution < -0.4 is 5.32 Å². The van der Waals surface area contributed by atoms with Crippen molar-refractivity contribution in [3.8, 4) is 0 Å². The smallest absolute Gasteiger partial charge is 0.317 e. The van der Waals surface area contributed by atoms with Gasteiger partial charge >= 0.3 is 5.97 Å². The van der Waals surface area contributed by atoms with Crippen LogP contribution in [0.1, 0.15) is 45.3 Å². The molecule has 1 aliphatic heterocycles. The number of hydrogen-bond acceptors (Lipinski definition) is 6. The molecule has 124 valence electrons. The van der Waals surface area contributed by atoms with E-state index >= 15 is 0 Å². The number of aliphatic carboxylic acids is 1. The molecule has 0 amide bonds. The number of hydrogen-bond donors (Lipinski definition) is 2. The first kappa shape index (κ1) is 16.9. The predicted octanol–water partition coefficient (Wildman–Crippen LogP) is 1.30. The fourth-order valence-corrected chi connectivity index (χ4v) is 2.69. The maximum atomic E-state index is 10.7. The molecule has 1 saturated heterocycles. The number of aromatic nitrogens is 2. The van der Waals surface area contributed by atoms with Gasteiger partial charge in [-0.1, -0.05) is 19.0 Å². The van der Waals surface area contributed by atoms with Gasteiger partial charge < -0.3 is 14.9 Å². The van der Waals surface area contributed by atoms with Crippen molar-refractivity contribution in [2.24, 2.45) is 5.92 Å². The molecule has 0 unspecified atom stereocenters. The maximum absolute atomic E-state index is 10.7. The third-order valence-electron chi connectivity index (χ3n) is 4.03. The van der Waals surface area contributed by atoms with Gasteiger partial charge in [0, 0.05) is 25.0 Å². The Balaban J connectivity index is 1.81. The van der Waals surface area contributed by atoms with Gasteiger partial charge in [-0.2, -0.15) is 4.98 Å². The normalized spacial score (nSPS) is 22.5. The molecule has 0 aliphatic carbocycles. The standard InChI is InChI=1S/C15H26N4O3/c1-11(2)4-5-12-17-13(22-18-12)9-19-7-6-15(3,10-19)16-8-14(20)21/h11,16H,4-10H2,1-3H3,(H,20,21)/t15-/m0/s1. The van der Waals surface area contributed by atoms with Crippen molar-refractivity contribution in [1.29, 1.82) is 0 Å². The van der Waals surface area contributed by atoms with E-state index in [2.05, 4.69) is 41.1 Å². The average molecular weight is 310 g/mol. The summed E-state index contributed by atoms with van der Waals surface area (Å²) in [5.41, 5.74) is -0.168. The molecular formula is C15H26N4O3. The molecule has 7 nitrogen and oxygen atoms in total. The molecule has 2 rings (SSSR count). The molecule has 0 radical (unpaired) electrons. The summed E-state index contributed by atoms with van der Waals surface area (Å²) in [6.45, 7) is 8.70. The summed E-state index contributed by atoms with van der Waals surface area (Å²) in [7, 11) is 0. The minimum atomic E-state index is -0.827. The van der Waals surface area contributed by atoms with Gasteiger partial charge in [0.1, 0.15) is 0 Å². The molecule has 0 saturated carbocycles. The lowest BCUT2D eigenvalue weighted by Gasteiger charge is -2.25. The first-order valence-corrected chi connectivity index (χ1v) is 7.87. The van der Waals surface area contributed by atoms with E-state index in [9.17, 15) is 4.79 Å². The van der Waals surface area contributed by atoms with Gasteiger partial charge in [-0.3, -0.25) is 9.69 Å². The first-order valence-electron chi connectivity index (χ1n) is 7.87. The first-order chi connectivity index (χ1) is 10.4. The van der Waals surface area contributed by atoms with E-state index in [1.165, 1.54) is 0 Å². The molecule has 2 heterocycles. The molecule has 0 aromatic carbocycles. The Bertz CT molecular complexity index is 503. The quantitative estimate of drug-likeness (QED) is 0.747. The SMILES string of the molecule is CC(C)CCc1noc(CN2CC[C@](C)(NCC(=O)O)C2)n1. The zero-order valence-corrected chi connectivity index (χ0v) is 13.6. The van der Waals surface area contributed by atoms with Crippen LogP contribution in [0, 0.1) is 5.92 Å². The highest BCUT2D eigenvalue weighted by Gasteiger charge is 2.34. The monoisotopic (exact) mass is 310 g/mol. The number of carboxylic acids is 1. The highest BCUT2D eigenvalue weighted by molar-refractivity contribution is 5.69. The van der Waals surface area contributed by atoms with Crippen LogP contribution in [0.4, 0.5) is 0 Å². The maximum Gasteiger partial charge on any atom is 0.317 e. The molecule has 0 bridgehead atoms. The minimum Gasteiger partial charge on any atom is -0.480 e. The number of nitrogens with one attached hydrogen (secondary N) is 1. The van der Waals surface area contributed by atoms with E-state index in [-0.39, 0.29) is 12.1 Å². The molecule has 1 fully saturated rings. The van der Waals surface area contributed by atoms with Gasteiger partial charge in [0.2, 0.25) is 5.89 Å². The Hall–Kier alpha value is -1.47.